The van der Waals surface area contributed by atoms with E-state index in [1.54, 1.807) is 0 Å². The molecule has 0 aliphatic rings. The van der Waals surface area contributed by atoms with Crippen molar-refractivity contribution in [3.63, 3.8) is 0 Å². The molecule has 0 fully saturated rings. The van der Waals surface area contributed by atoms with Crippen molar-refractivity contribution in [2.75, 3.05) is 6.54 Å². The lowest BCUT2D eigenvalue weighted by Crippen LogP contribution is -2.24. The number of rotatable bonds is 5. The molecule has 0 aliphatic heterocycles. The smallest absolute Gasteiger partial charge is 0.0841 e. The monoisotopic (exact) mass is 263 g/mol. The Labute approximate surface area is 113 Å². The van der Waals surface area contributed by atoms with Crippen LogP contribution < -0.4 is 5.32 Å². The number of aromatic nitrogens is 2. The minimum Gasteiger partial charge on any atom is -0.305 e. The molecule has 4 heteroatoms. The van der Waals surface area contributed by atoms with Gasteiger partial charge in [0.2, 0.25) is 0 Å². The van der Waals surface area contributed by atoms with Crippen molar-refractivity contribution in [3.8, 4) is 0 Å². The first-order valence-corrected chi connectivity index (χ1v) is 7.31. The second-order valence-electron chi connectivity index (χ2n) is 4.47. The molecule has 18 heavy (non-hydrogen) atoms. The molecule has 0 saturated heterocycles. The molecule has 0 bridgehead atoms. The molecule has 1 atom stereocenters. The van der Waals surface area contributed by atoms with Crippen LogP contribution in [0.5, 0.6) is 0 Å². The van der Waals surface area contributed by atoms with Crippen LogP contribution in [0.1, 0.15) is 41.0 Å². The lowest BCUT2D eigenvalue weighted by atomic mass is 10.1. The van der Waals surface area contributed by atoms with Crippen molar-refractivity contribution in [1.82, 2.24) is 15.1 Å². The van der Waals surface area contributed by atoms with E-state index in [1.165, 1.54) is 15.4 Å². The van der Waals surface area contributed by atoms with Crippen molar-refractivity contribution < 1.29 is 0 Å². The van der Waals surface area contributed by atoms with Gasteiger partial charge in [-0.1, -0.05) is 6.92 Å². The van der Waals surface area contributed by atoms with E-state index in [9.17, 15) is 0 Å². The van der Waals surface area contributed by atoms with E-state index in [0.717, 1.165) is 18.8 Å². The molecule has 0 aliphatic carbocycles. The summed E-state index contributed by atoms with van der Waals surface area (Å²) in [6, 6.07) is 6.85. The van der Waals surface area contributed by atoms with Gasteiger partial charge in [0.25, 0.3) is 0 Å². The summed E-state index contributed by atoms with van der Waals surface area (Å²) in [7, 11) is 0. The van der Waals surface area contributed by atoms with E-state index in [2.05, 4.69) is 61.0 Å². The molecule has 0 saturated carbocycles. The van der Waals surface area contributed by atoms with Gasteiger partial charge in [0.1, 0.15) is 0 Å². The van der Waals surface area contributed by atoms with Gasteiger partial charge in [-0.2, -0.15) is 5.10 Å². The number of hydrogen-bond acceptors (Lipinski definition) is 3. The number of nitrogens with zero attached hydrogens (tertiary/aromatic N) is 2. The van der Waals surface area contributed by atoms with E-state index in [-0.39, 0.29) is 6.04 Å². The van der Waals surface area contributed by atoms with E-state index in [4.69, 9.17) is 0 Å². The van der Waals surface area contributed by atoms with Crippen LogP contribution in [0.3, 0.4) is 0 Å². The summed E-state index contributed by atoms with van der Waals surface area (Å²) in [6.45, 7) is 10.4. The van der Waals surface area contributed by atoms with Crippen LogP contribution in [0.25, 0.3) is 0 Å². The summed E-state index contributed by atoms with van der Waals surface area (Å²) < 4.78 is 2.09. The fourth-order valence-corrected chi connectivity index (χ4v) is 3.18. The summed E-state index contributed by atoms with van der Waals surface area (Å²) in [5, 5.41) is 8.11. The average molecular weight is 263 g/mol. The first-order valence-electron chi connectivity index (χ1n) is 6.49. The second-order valence-corrected chi connectivity index (χ2v) is 5.78. The Kier molecular flexibility index (Phi) is 4.19. The maximum Gasteiger partial charge on any atom is 0.0841 e. The van der Waals surface area contributed by atoms with Gasteiger partial charge in [-0.05, 0) is 45.5 Å². The van der Waals surface area contributed by atoms with E-state index >= 15 is 0 Å². The van der Waals surface area contributed by atoms with Gasteiger partial charge in [-0.25, -0.2) is 0 Å². The van der Waals surface area contributed by atoms with Gasteiger partial charge in [0.05, 0.1) is 17.4 Å². The zero-order valence-electron chi connectivity index (χ0n) is 11.5. The Morgan fingerprint density at radius 3 is 2.67 bits per heavy atom. The minimum atomic E-state index is 0.259. The third-order valence-corrected chi connectivity index (χ3v) is 4.05. The largest absolute Gasteiger partial charge is 0.305 e. The Balaban J connectivity index is 2.40. The third-order valence-electron chi connectivity index (χ3n) is 2.98. The summed E-state index contributed by atoms with van der Waals surface area (Å²) in [4.78, 5) is 2.72. The topological polar surface area (TPSA) is 29.9 Å². The Hall–Kier alpha value is -1.13. The SMILES string of the molecule is CCNC(c1ccc(C)s1)c1cc(C)nn1CC. The maximum absolute atomic E-state index is 4.55. The molecule has 98 valence electrons. The van der Waals surface area contributed by atoms with E-state index in [1.807, 2.05) is 11.3 Å². The molecule has 0 amide bonds. The van der Waals surface area contributed by atoms with Gasteiger partial charge in [0.15, 0.2) is 0 Å². The molecular weight excluding hydrogens is 242 g/mol. The van der Waals surface area contributed by atoms with Gasteiger partial charge in [-0.15, -0.1) is 11.3 Å². The van der Waals surface area contributed by atoms with Crippen molar-refractivity contribution in [2.45, 2.75) is 40.3 Å². The first-order chi connectivity index (χ1) is 8.65. The molecule has 2 rings (SSSR count). The average Bonchev–Trinajstić information content (AvgIpc) is 2.92. The zero-order valence-corrected chi connectivity index (χ0v) is 12.3. The summed E-state index contributed by atoms with van der Waals surface area (Å²) >= 11 is 1.86. The highest BCUT2D eigenvalue weighted by atomic mass is 32.1. The number of nitrogens with one attached hydrogen (secondary N) is 1. The van der Waals surface area contributed by atoms with Crippen LogP contribution in [0.15, 0.2) is 18.2 Å². The molecule has 3 nitrogen and oxygen atoms in total. The quantitative estimate of drug-likeness (QED) is 0.897. The molecule has 1 N–H and O–H groups in total. The molecule has 2 heterocycles. The predicted molar refractivity (Wildman–Crippen MR) is 77.2 cm³/mol. The van der Waals surface area contributed by atoms with Crippen LogP contribution in [0, 0.1) is 13.8 Å². The van der Waals surface area contributed by atoms with Gasteiger partial charge >= 0.3 is 0 Å². The van der Waals surface area contributed by atoms with Crippen molar-refractivity contribution in [1.29, 1.82) is 0 Å². The van der Waals surface area contributed by atoms with Gasteiger partial charge in [-0.3, -0.25) is 4.68 Å². The standard InChI is InChI=1S/C14H21N3S/c1-5-15-14(13-8-7-11(4)18-13)12-9-10(3)16-17(12)6-2/h7-9,14-15H,5-6H2,1-4H3. The number of aryl methyl sites for hydroxylation is 3. The summed E-state index contributed by atoms with van der Waals surface area (Å²) in [6.07, 6.45) is 0. The molecule has 0 radical (unpaired) electrons. The molecule has 2 aromatic heterocycles. The van der Waals surface area contributed by atoms with Gasteiger partial charge in [0, 0.05) is 16.3 Å². The van der Waals surface area contributed by atoms with Crippen molar-refractivity contribution in [3.05, 3.63) is 39.3 Å². The van der Waals surface area contributed by atoms with Crippen LogP contribution >= 0.6 is 11.3 Å². The first kappa shape index (κ1) is 13.3. The highest BCUT2D eigenvalue weighted by Crippen LogP contribution is 2.28. The van der Waals surface area contributed by atoms with Crippen LogP contribution in [0.4, 0.5) is 0 Å². The zero-order chi connectivity index (χ0) is 13.1. The fraction of sp³-hybridized carbons (Fsp3) is 0.500. The highest BCUT2D eigenvalue weighted by molar-refractivity contribution is 7.12. The Morgan fingerprint density at radius 1 is 1.33 bits per heavy atom. The summed E-state index contributed by atoms with van der Waals surface area (Å²) in [5.41, 5.74) is 2.35. The van der Waals surface area contributed by atoms with E-state index in [0.29, 0.717) is 0 Å². The van der Waals surface area contributed by atoms with Crippen molar-refractivity contribution >= 4 is 11.3 Å². The molecule has 0 spiro atoms. The van der Waals surface area contributed by atoms with Crippen LogP contribution in [-0.4, -0.2) is 16.3 Å². The second kappa shape index (κ2) is 5.67. The molecular formula is C14H21N3S. The normalized spacial score (nSPS) is 12.9. The third kappa shape index (κ3) is 2.65. The molecule has 1 unspecified atom stereocenters. The highest BCUT2D eigenvalue weighted by Gasteiger charge is 2.19. The van der Waals surface area contributed by atoms with E-state index < -0.39 is 0 Å². The lowest BCUT2D eigenvalue weighted by Gasteiger charge is -2.17. The molecule has 2 aromatic rings. The number of thiophene rings is 1. The van der Waals surface area contributed by atoms with Crippen LogP contribution in [-0.2, 0) is 6.54 Å². The van der Waals surface area contributed by atoms with Crippen LogP contribution in [0.2, 0.25) is 0 Å². The lowest BCUT2D eigenvalue weighted by molar-refractivity contribution is 0.546. The minimum absolute atomic E-state index is 0.259. The summed E-state index contributed by atoms with van der Waals surface area (Å²) in [5.74, 6) is 0. The Bertz CT molecular complexity index is 513. The fourth-order valence-electron chi connectivity index (χ4n) is 2.21. The van der Waals surface area contributed by atoms with Gasteiger partial charge < -0.3 is 5.32 Å². The maximum atomic E-state index is 4.55. The number of hydrogen-bond donors (Lipinski definition) is 1. The Morgan fingerprint density at radius 2 is 2.11 bits per heavy atom. The van der Waals surface area contributed by atoms with Crippen molar-refractivity contribution in [2.24, 2.45) is 0 Å². The molecule has 0 aromatic carbocycles. The predicted octanol–water partition coefficient (Wildman–Crippen LogP) is 3.28.